The Morgan fingerprint density at radius 1 is 1.39 bits per heavy atom. The fourth-order valence-electron chi connectivity index (χ4n) is 2.07. The van der Waals surface area contributed by atoms with Gasteiger partial charge in [0.1, 0.15) is 0 Å². The number of carbonyl (C=O) groups is 2. The van der Waals surface area contributed by atoms with Gasteiger partial charge in [0.2, 0.25) is 5.91 Å². The molecule has 6 nitrogen and oxygen atoms in total. The lowest BCUT2D eigenvalue weighted by Crippen LogP contribution is -2.52. The van der Waals surface area contributed by atoms with Crippen LogP contribution in [0.4, 0.5) is 0 Å². The fourth-order valence-corrected chi connectivity index (χ4v) is 2.07. The molecule has 1 heterocycles. The molecule has 1 rings (SSSR count). The summed E-state index contributed by atoms with van der Waals surface area (Å²) in [5, 5.41) is 9.16. The van der Waals surface area contributed by atoms with Crippen molar-refractivity contribution in [1.29, 1.82) is 0 Å². The second kappa shape index (κ2) is 6.15. The average Bonchev–Trinajstić information content (AvgIpc) is 2.38. The first-order valence-corrected chi connectivity index (χ1v) is 6.20. The average molecular weight is 258 g/mol. The molecule has 104 valence electrons. The Labute approximate surface area is 107 Å². The van der Waals surface area contributed by atoms with Gasteiger partial charge < -0.3 is 14.7 Å². The van der Waals surface area contributed by atoms with E-state index in [1.54, 1.807) is 11.9 Å². The van der Waals surface area contributed by atoms with Crippen LogP contribution in [0.3, 0.4) is 0 Å². The summed E-state index contributed by atoms with van der Waals surface area (Å²) >= 11 is 0. The van der Waals surface area contributed by atoms with Crippen molar-refractivity contribution >= 4 is 11.9 Å². The van der Waals surface area contributed by atoms with Crippen LogP contribution in [0.2, 0.25) is 0 Å². The first kappa shape index (κ1) is 14.9. The lowest BCUT2D eigenvalue weighted by molar-refractivity contribution is -0.168. The summed E-state index contributed by atoms with van der Waals surface area (Å²) in [6, 6.07) is 0. The zero-order valence-electron chi connectivity index (χ0n) is 11.3. The summed E-state index contributed by atoms with van der Waals surface area (Å²) in [5.41, 5.74) is -1.07. The van der Waals surface area contributed by atoms with Gasteiger partial charge in [-0.25, -0.2) is 4.79 Å². The quantitative estimate of drug-likeness (QED) is 0.753. The van der Waals surface area contributed by atoms with Gasteiger partial charge in [0, 0.05) is 33.8 Å². The molecule has 0 aromatic heterocycles. The topological polar surface area (TPSA) is 70.1 Å². The van der Waals surface area contributed by atoms with E-state index in [0.717, 1.165) is 0 Å². The number of carboxylic acids is 1. The molecule has 0 aromatic carbocycles. The van der Waals surface area contributed by atoms with Crippen LogP contribution in [0, 0.1) is 0 Å². The van der Waals surface area contributed by atoms with Gasteiger partial charge in [-0.05, 0) is 19.8 Å². The smallest absolute Gasteiger partial charge is 0.336 e. The molecule has 0 atom stereocenters. The maximum Gasteiger partial charge on any atom is 0.336 e. The predicted molar refractivity (Wildman–Crippen MR) is 66.4 cm³/mol. The van der Waals surface area contributed by atoms with E-state index in [-0.39, 0.29) is 5.91 Å². The number of aliphatic carboxylic acids is 1. The largest absolute Gasteiger partial charge is 0.479 e. The molecular formula is C12H22N2O4. The van der Waals surface area contributed by atoms with Gasteiger partial charge in [0.25, 0.3) is 0 Å². The van der Waals surface area contributed by atoms with Crippen LogP contribution >= 0.6 is 0 Å². The van der Waals surface area contributed by atoms with Crippen LogP contribution in [-0.4, -0.2) is 72.7 Å². The summed E-state index contributed by atoms with van der Waals surface area (Å²) in [7, 11) is 3.20. The number of rotatable bonds is 5. The number of nitrogens with zero attached hydrogens (tertiary/aromatic N) is 2. The third-order valence-corrected chi connectivity index (χ3v) is 3.70. The Morgan fingerprint density at radius 2 is 1.94 bits per heavy atom. The number of piperidine rings is 1. The Morgan fingerprint density at radius 3 is 2.33 bits per heavy atom. The molecule has 1 amide bonds. The van der Waals surface area contributed by atoms with E-state index < -0.39 is 11.6 Å². The van der Waals surface area contributed by atoms with Gasteiger partial charge in [-0.3, -0.25) is 9.69 Å². The molecule has 1 N–H and O–H groups in total. The first-order chi connectivity index (χ1) is 8.45. The number of hydrogen-bond acceptors (Lipinski definition) is 4. The Bertz CT molecular complexity index is 311. The minimum atomic E-state index is -1.07. The molecule has 0 bridgehead atoms. The molecule has 1 saturated heterocycles. The van der Waals surface area contributed by atoms with Crippen molar-refractivity contribution in [2.45, 2.75) is 25.4 Å². The van der Waals surface area contributed by atoms with E-state index in [2.05, 4.69) is 0 Å². The van der Waals surface area contributed by atoms with Gasteiger partial charge in [-0.1, -0.05) is 0 Å². The highest BCUT2D eigenvalue weighted by Crippen LogP contribution is 2.25. The third kappa shape index (κ3) is 3.20. The highest BCUT2D eigenvalue weighted by Gasteiger charge is 2.41. The van der Waals surface area contributed by atoms with Crippen LogP contribution in [-0.2, 0) is 14.3 Å². The highest BCUT2D eigenvalue weighted by atomic mass is 16.5. The summed E-state index contributed by atoms with van der Waals surface area (Å²) in [4.78, 5) is 26.6. The molecule has 0 unspecified atom stereocenters. The minimum absolute atomic E-state index is 0.0674. The number of ether oxygens (including phenoxy) is 1. The number of methoxy groups -OCH3 is 1. The van der Waals surface area contributed by atoms with E-state index >= 15 is 0 Å². The van der Waals surface area contributed by atoms with Gasteiger partial charge in [0.15, 0.2) is 5.60 Å². The summed E-state index contributed by atoms with van der Waals surface area (Å²) < 4.78 is 5.14. The summed E-state index contributed by atoms with van der Waals surface area (Å²) in [6.45, 7) is 4.11. The molecule has 6 heteroatoms. The molecule has 0 spiro atoms. The van der Waals surface area contributed by atoms with Crippen LogP contribution in [0.1, 0.15) is 19.8 Å². The molecule has 0 aliphatic carbocycles. The Hall–Kier alpha value is -1.14. The summed E-state index contributed by atoms with van der Waals surface area (Å²) in [5.74, 6) is -0.848. The second-order valence-electron chi connectivity index (χ2n) is 4.69. The molecule has 0 aromatic rings. The maximum absolute atomic E-state index is 11.7. The molecule has 0 saturated carbocycles. The van der Waals surface area contributed by atoms with Crippen molar-refractivity contribution in [2.24, 2.45) is 0 Å². The van der Waals surface area contributed by atoms with Crippen LogP contribution < -0.4 is 0 Å². The van der Waals surface area contributed by atoms with Crippen LogP contribution in [0.15, 0.2) is 0 Å². The van der Waals surface area contributed by atoms with Gasteiger partial charge in [-0.15, -0.1) is 0 Å². The second-order valence-corrected chi connectivity index (χ2v) is 4.69. The highest BCUT2D eigenvalue weighted by molar-refractivity contribution is 5.79. The number of hydrogen-bond donors (Lipinski definition) is 1. The molecule has 1 fully saturated rings. The Kier molecular flexibility index (Phi) is 5.10. The lowest BCUT2D eigenvalue weighted by atomic mass is 9.91. The molecular weight excluding hydrogens is 236 g/mol. The number of likely N-dealkylation sites (tertiary alicyclic amines) is 1. The molecule has 18 heavy (non-hydrogen) atoms. The number of carbonyl (C=O) groups excluding carboxylic acids is 1. The van der Waals surface area contributed by atoms with E-state index in [1.165, 1.54) is 7.11 Å². The molecule has 1 aliphatic rings. The predicted octanol–water partition coefficient (Wildman–Crippen LogP) is 0.0303. The van der Waals surface area contributed by atoms with Crippen LogP contribution in [0.5, 0.6) is 0 Å². The van der Waals surface area contributed by atoms with Crippen molar-refractivity contribution in [3.8, 4) is 0 Å². The lowest BCUT2D eigenvalue weighted by Gasteiger charge is -2.37. The van der Waals surface area contributed by atoms with Gasteiger partial charge in [-0.2, -0.15) is 0 Å². The van der Waals surface area contributed by atoms with E-state index in [9.17, 15) is 9.59 Å². The summed E-state index contributed by atoms with van der Waals surface area (Å²) in [6.07, 6.45) is 0.837. The van der Waals surface area contributed by atoms with Gasteiger partial charge >= 0.3 is 5.97 Å². The Balaban J connectivity index is 2.49. The zero-order valence-corrected chi connectivity index (χ0v) is 11.3. The van der Waals surface area contributed by atoms with Crippen molar-refractivity contribution in [1.82, 2.24) is 9.80 Å². The van der Waals surface area contributed by atoms with E-state index in [0.29, 0.717) is 39.0 Å². The van der Waals surface area contributed by atoms with Crippen molar-refractivity contribution < 1.29 is 19.4 Å². The standard InChI is InChI=1S/C12H22N2O4/c1-4-13(2)10(15)9-14-7-5-12(18-3,6-8-14)11(16)17/h4-9H2,1-3H3,(H,16,17). The monoisotopic (exact) mass is 258 g/mol. The number of amides is 1. The van der Waals surface area contributed by atoms with Crippen molar-refractivity contribution in [3.05, 3.63) is 0 Å². The first-order valence-electron chi connectivity index (χ1n) is 6.20. The number of carboxylic acid groups (broad SMARTS) is 1. The number of likely N-dealkylation sites (N-methyl/N-ethyl adjacent to an activating group) is 1. The van der Waals surface area contributed by atoms with Crippen molar-refractivity contribution in [2.75, 3.05) is 40.3 Å². The maximum atomic E-state index is 11.7. The van der Waals surface area contributed by atoms with Crippen LogP contribution in [0.25, 0.3) is 0 Å². The van der Waals surface area contributed by atoms with E-state index in [4.69, 9.17) is 9.84 Å². The zero-order chi connectivity index (χ0) is 13.8. The molecule has 0 radical (unpaired) electrons. The minimum Gasteiger partial charge on any atom is -0.479 e. The van der Waals surface area contributed by atoms with Gasteiger partial charge in [0.05, 0.1) is 6.54 Å². The molecule has 1 aliphatic heterocycles. The van der Waals surface area contributed by atoms with Crippen molar-refractivity contribution in [3.63, 3.8) is 0 Å². The van der Waals surface area contributed by atoms with E-state index in [1.807, 2.05) is 11.8 Å². The fraction of sp³-hybridized carbons (Fsp3) is 0.833. The third-order valence-electron chi connectivity index (χ3n) is 3.70. The SMILES string of the molecule is CCN(C)C(=O)CN1CCC(OC)(C(=O)O)CC1. The normalized spacial score (nSPS) is 19.5.